The molecule has 0 unspecified atom stereocenters. The minimum atomic E-state index is -0.302. The van der Waals surface area contributed by atoms with Crippen molar-refractivity contribution in [1.29, 1.82) is 0 Å². The molecule has 1 amide bonds. The van der Waals surface area contributed by atoms with E-state index < -0.39 is 0 Å². The predicted octanol–water partition coefficient (Wildman–Crippen LogP) is 3.06. The zero-order valence-electron chi connectivity index (χ0n) is 15.0. The van der Waals surface area contributed by atoms with E-state index in [2.05, 4.69) is 15.3 Å². The lowest BCUT2D eigenvalue weighted by Crippen LogP contribution is -2.44. The Labute approximate surface area is 160 Å². The second-order valence-electron chi connectivity index (χ2n) is 6.97. The van der Waals surface area contributed by atoms with Gasteiger partial charge in [-0.2, -0.15) is 0 Å². The number of fused-ring (bicyclic) bond motifs is 1. The summed E-state index contributed by atoms with van der Waals surface area (Å²) in [6.07, 6.45) is 4.29. The first kappa shape index (κ1) is 17.9. The minimum absolute atomic E-state index is 0.0913. The van der Waals surface area contributed by atoms with Gasteiger partial charge < -0.3 is 19.6 Å². The highest BCUT2D eigenvalue weighted by Gasteiger charge is 2.36. The summed E-state index contributed by atoms with van der Waals surface area (Å²) in [5.41, 5.74) is 0.945. The predicted molar refractivity (Wildman–Crippen MR) is 101 cm³/mol. The molecule has 0 aliphatic heterocycles. The molecule has 0 saturated heterocycles. The number of aryl methyl sites for hydroxylation is 1. The smallest absolute Gasteiger partial charge is 0.273 e. The number of ether oxygens (including phenoxy) is 1. The van der Waals surface area contributed by atoms with Crippen LogP contribution in [-0.4, -0.2) is 34.1 Å². The van der Waals surface area contributed by atoms with Gasteiger partial charge in [-0.05, 0) is 31.9 Å². The van der Waals surface area contributed by atoms with Crippen LogP contribution in [0.3, 0.4) is 0 Å². The van der Waals surface area contributed by atoms with Crippen LogP contribution in [0.4, 0.5) is 0 Å². The van der Waals surface area contributed by atoms with Gasteiger partial charge >= 0.3 is 0 Å². The zero-order chi connectivity index (χ0) is 18.9. The molecule has 1 aliphatic carbocycles. The van der Waals surface area contributed by atoms with Crippen molar-refractivity contribution in [1.82, 2.24) is 15.3 Å². The van der Waals surface area contributed by atoms with E-state index in [1.807, 2.05) is 25.1 Å². The van der Waals surface area contributed by atoms with Crippen LogP contribution in [0.2, 0.25) is 0 Å². The molecule has 0 spiro atoms. The minimum Gasteiger partial charge on any atom is -0.484 e. The van der Waals surface area contributed by atoms with E-state index in [1.54, 1.807) is 11.3 Å². The number of rotatable bonds is 7. The van der Waals surface area contributed by atoms with Crippen molar-refractivity contribution in [2.24, 2.45) is 5.41 Å². The second kappa shape index (κ2) is 7.28. The number of oxazole rings is 1. The maximum absolute atomic E-state index is 12.2. The molecule has 2 heterocycles. The third-order valence-electron chi connectivity index (χ3n) is 4.99. The molecule has 1 aliphatic rings. The molecule has 142 valence electrons. The van der Waals surface area contributed by atoms with Gasteiger partial charge in [0.2, 0.25) is 5.89 Å². The summed E-state index contributed by atoms with van der Waals surface area (Å²) in [6.45, 7) is 2.64. The normalized spacial score (nSPS) is 15.5. The SMILES string of the molecule is Cc1nc2cc(OCc3nc(C(=O)NCC4(CO)CCC4)co3)ccc2s1. The van der Waals surface area contributed by atoms with Crippen LogP contribution in [0, 0.1) is 12.3 Å². The van der Waals surface area contributed by atoms with E-state index in [1.165, 1.54) is 6.26 Å². The quantitative estimate of drug-likeness (QED) is 0.647. The third-order valence-corrected chi connectivity index (χ3v) is 5.94. The highest BCUT2D eigenvalue weighted by Crippen LogP contribution is 2.39. The molecular weight excluding hydrogens is 366 g/mol. The van der Waals surface area contributed by atoms with Crippen LogP contribution in [-0.2, 0) is 6.61 Å². The first-order valence-electron chi connectivity index (χ1n) is 8.90. The molecule has 1 fully saturated rings. The van der Waals surface area contributed by atoms with Crippen molar-refractivity contribution in [2.75, 3.05) is 13.2 Å². The number of thiazole rings is 1. The van der Waals surface area contributed by atoms with Crippen LogP contribution in [0.1, 0.15) is 40.6 Å². The number of hydrogen-bond donors (Lipinski definition) is 2. The van der Waals surface area contributed by atoms with Gasteiger partial charge in [-0.15, -0.1) is 11.3 Å². The van der Waals surface area contributed by atoms with Crippen molar-refractivity contribution in [2.45, 2.75) is 32.8 Å². The number of carbonyl (C=O) groups excluding carboxylic acids is 1. The van der Waals surface area contributed by atoms with Crippen molar-refractivity contribution in [3.63, 3.8) is 0 Å². The molecule has 7 nitrogen and oxygen atoms in total. The molecule has 4 rings (SSSR count). The number of aliphatic hydroxyl groups is 1. The summed E-state index contributed by atoms with van der Waals surface area (Å²) >= 11 is 1.64. The highest BCUT2D eigenvalue weighted by atomic mass is 32.1. The molecule has 1 saturated carbocycles. The van der Waals surface area contributed by atoms with Crippen LogP contribution in [0.5, 0.6) is 5.75 Å². The summed E-state index contributed by atoms with van der Waals surface area (Å²) in [4.78, 5) is 20.8. The topological polar surface area (TPSA) is 97.5 Å². The van der Waals surface area contributed by atoms with Gasteiger partial charge in [-0.3, -0.25) is 4.79 Å². The molecule has 27 heavy (non-hydrogen) atoms. The molecule has 1 aromatic carbocycles. The fourth-order valence-electron chi connectivity index (χ4n) is 3.16. The molecule has 2 aromatic heterocycles. The van der Waals surface area contributed by atoms with E-state index in [4.69, 9.17) is 9.15 Å². The monoisotopic (exact) mass is 387 g/mol. The average Bonchev–Trinajstić information content (AvgIpc) is 3.24. The Balaban J connectivity index is 1.33. The van der Waals surface area contributed by atoms with E-state index in [-0.39, 0.29) is 30.2 Å². The molecule has 0 bridgehead atoms. The summed E-state index contributed by atoms with van der Waals surface area (Å²) in [5, 5.41) is 13.3. The summed E-state index contributed by atoms with van der Waals surface area (Å²) in [7, 11) is 0. The van der Waals surface area contributed by atoms with E-state index in [9.17, 15) is 9.90 Å². The Morgan fingerprint density at radius 2 is 2.26 bits per heavy atom. The number of carbonyl (C=O) groups is 1. The van der Waals surface area contributed by atoms with Gasteiger partial charge in [0.15, 0.2) is 12.3 Å². The van der Waals surface area contributed by atoms with E-state index >= 15 is 0 Å². The van der Waals surface area contributed by atoms with Gasteiger partial charge in [0, 0.05) is 18.0 Å². The van der Waals surface area contributed by atoms with Gasteiger partial charge in [0.25, 0.3) is 5.91 Å². The number of aromatic nitrogens is 2. The molecule has 0 radical (unpaired) electrons. The largest absolute Gasteiger partial charge is 0.484 e. The van der Waals surface area contributed by atoms with Crippen LogP contribution in [0.25, 0.3) is 10.2 Å². The Kier molecular flexibility index (Phi) is 4.84. The lowest BCUT2D eigenvalue weighted by Gasteiger charge is -2.40. The Morgan fingerprint density at radius 1 is 1.41 bits per heavy atom. The molecule has 2 N–H and O–H groups in total. The maximum atomic E-state index is 12.2. The fraction of sp³-hybridized carbons (Fsp3) is 0.421. The zero-order valence-corrected chi connectivity index (χ0v) is 15.8. The molecular formula is C19H21N3O4S. The first-order chi connectivity index (χ1) is 13.1. The third kappa shape index (κ3) is 3.81. The summed E-state index contributed by atoms with van der Waals surface area (Å²) in [5.74, 6) is 0.700. The van der Waals surface area contributed by atoms with E-state index in [0.717, 1.165) is 34.5 Å². The first-order valence-corrected chi connectivity index (χ1v) is 9.72. The average molecular weight is 387 g/mol. The van der Waals surface area contributed by atoms with Crippen LogP contribution >= 0.6 is 11.3 Å². The Morgan fingerprint density at radius 3 is 3.00 bits per heavy atom. The van der Waals surface area contributed by atoms with Crippen molar-refractivity contribution >= 4 is 27.5 Å². The molecule has 8 heteroatoms. The highest BCUT2D eigenvalue weighted by molar-refractivity contribution is 7.18. The second-order valence-corrected chi connectivity index (χ2v) is 8.21. The standard InChI is InChI=1S/C19H21N3O4S/c1-12-21-14-7-13(3-4-16(14)27-12)25-9-17-22-15(8-26-17)18(24)20-10-19(11-23)5-2-6-19/h3-4,7-8,23H,2,5-6,9-11H2,1H3,(H,20,24). The summed E-state index contributed by atoms with van der Waals surface area (Å²) < 4.78 is 12.2. The van der Waals surface area contributed by atoms with Crippen molar-refractivity contribution in [3.05, 3.63) is 41.1 Å². The van der Waals surface area contributed by atoms with Crippen LogP contribution in [0.15, 0.2) is 28.9 Å². The number of amides is 1. The lowest BCUT2D eigenvalue weighted by atomic mass is 9.69. The Bertz CT molecular complexity index is 955. The lowest BCUT2D eigenvalue weighted by molar-refractivity contribution is 0.0428. The fourth-order valence-corrected chi connectivity index (χ4v) is 3.97. The van der Waals surface area contributed by atoms with Crippen molar-refractivity contribution in [3.8, 4) is 5.75 Å². The van der Waals surface area contributed by atoms with Crippen LogP contribution < -0.4 is 10.1 Å². The molecule has 0 atom stereocenters. The summed E-state index contributed by atoms with van der Waals surface area (Å²) in [6, 6.07) is 5.73. The number of nitrogens with one attached hydrogen (secondary N) is 1. The number of benzene rings is 1. The van der Waals surface area contributed by atoms with Gasteiger partial charge in [0.05, 0.1) is 21.8 Å². The van der Waals surface area contributed by atoms with E-state index in [0.29, 0.717) is 18.2 Å². The molecule has 3 aromatic rings. The van der Waals surface area contributed by atoms with Crippen molar-refractivity contribution < 1.29 is 19.1 Å². The number of hydrogen-bond acceptors (Lipinski definition) is 7. The van der Waals surface area contributed by atoms with Gasteiger partial charge in [-0.1, -0.05) is 6.42 Å². The van der Waals surface area contributed by atoms with Gasteiger partial charge in [0.1, 0.15) is 12.0 Å². The van der Waals surface area contributed by atoms with Gasteiger partial charge in [-0.25, -0.2) is 9.97 Å². The maximum Gasteiger partial charge on any atom is 0.273 e. The Hall–Kier alpha value is -2.45. The number of aliphatic hydroxyl groups excluding tert-OH is 1. The number of nitrogens with zero attached hydrogens (tertiary/aromatic N) is 2.